The van der Waals surface area contributed by atoms with E-state index in [4.69, 9.17) is 11.1 Å². The second kappa shape index (κ2) is 3.09. The van der Waals surface area contributed by atoms with E-state index in [1.165, 1.54) is 0 Å². The lowest BCUT2D eigenvalue weighted by Gasteiger charge is -2.26. The Morgan fingerprint density at radius 2 is 2.45 bits per heavy atom. The SMILES string of the molecule is C[C@@H](O)[C@@H]1CCCN1C(=N)N. The molecule has 1 heterocycles. The molecule has 1 aliphatic rings. The predicted molar refractivity (Wildman–Crippen MR) is 43.3 cm³/mol. The Morgan fingerprint density at radius 3 is 2.82 bits per heavy atom. The molecule has 1 rings (SSSR count). The highest BCUT2D eigenvalue weighted by molar-refractivity contribution is 5.75. The van der Waals surface area contributed by atoms with Crippen molar-refractivity contribution >= 4 is 5.96 Å². The fraction of sp³-hybridized carbons (Fsp3) is 0.857. The number of nitrogens with zero attached hydrogens (tertiary/aromatic N) is 1. The summed E-state index contributed by atoms with van der Waals surface area (Å²) in [6.45, 7) is 2.55. The number of aliphatic hydroxyl groups excluding tert-OH is 1. The molecule has 0 amide bonds. The average Bonchev–Trinajstić information content (AvgIpc) is 2.32. The zero-order valence-corrected chi connectivity index (χ0v) is 6.75. The fourth-order valence-corrected chi connectivity index (χ4v) is 1.59. The lowest BCUT2D eigenvalue weighted by molar-refractivity contribution is 0.118. The zero-order chi connectivity index (χ0) is 8.43. The monoisotopic (exact) mass is 157 g/mol. The third kappa shape index (κ3) is 1.63. The third-order valence-electron chi connectivity index (χ3n) is 2.17. The highest BCUT2D eigenvalue weighted by atomic mass is 16.3. The summed E-state index contributed by atoms with van der Waals surface area (Å²) in [6, 6.07) is 0.0625. The Labute approximate surface area is 66.5 Å². The molecule has 0 radical (unpaired) electrons. The van der Waals surface area contributed by atoms with Crippen LogP contribution in [0.4, 0.5) is 0 Å². The summed E-state index contributed by atoms with van der Waals surface area (Å²) in [5.74, 6) is 0.0772. The van der Waals surface area contributed by atoms with E-state index >= 15 is 0 Å². The highest BCUT2D eigenvalue weighted by Gasteiger charge is 2.28. The first kappa shape index (κ1) is 8.33. The van der Waals surface area contributed by atoms with Crippen LogP contribution in [-0.2, 0) is 0 Å². The van der Waals surface area contributed by atoms with Crippen LogP contribution in [0.2, 0.25) is 0 Å². The van der Waals surface area contributed by atoms with E-state index in [1.807, 2.05) is 0 Å². The molecule has 0 spiro atoms. The number of nitrogens with one attached hydrogen (secondary N) is 1. The summed E-state index contributed by atoms with van der Waals surface area (Å²) in [7, 11) is 0. The molecule has 0 bridgehead atoms. The number of guanidine groups is 1. The van der Waals surface area contributed by atoms with Crippen molar-refractivity contribution in [3.63, 3.8) is 0 Å². The number of nitrogens with two attached hydrogens (primary N) is 1. The van der Waals surface area contributed by atoms with E-state index < -0.39 is 0 Å². The number of hydrogen-bond acceptors (Lipinski definition) is 2. The number of rotatable bonds is 1. The quantitative estimate of drug-likeness (QED) is 0.362. The largest absolute Gasteiger partial charge is 0.391 e. The van der Waals surface area contributed by atoms with Gasteiger partial charge >= 0.3 is 0 Å². The van der Waals surface area contributed by atoms with Crippen LogP contribution in [0.3, 0.4) is 0 Å². The van der Waals surface area contributed by atoms with Crippen molar-refractivity contribution in [1.82, 2.24) is 4.90 Å². The maximum Gasteiger partial charge on any atom is 0.188 e. The fourth-order valence-electron chi connectivity index (χ4n) is 1.59. The van der Waals surface area contributed by atoms with Crippen molar-refractivity contribution in [3.05, 3.63) is 0 Å². The molecule has 0 saturated carbocycles. The molecular weight excluding hydrogens is 142 g/mol. The Morgan fingerprint density at radius 1 is 1.82 bits per heavy atom. The lowest BCUT2D eigenvalue weighted by Crippen LogP contribution is -2.44. The minimum absolute atomic E-state index is 0.0625. The first-order chi connectivity index (χ1) is 5.13. The van der Waals surface area contributed by atoms with Gasteiger partial charge in [0.1, 0.15) is 0 Å². The van der Waals surface area contributed by atoms with Gasteiger partial charge in [0.05, 0.1) is 12.1 Å². The molecule has 2 atom stereocenters. The van der Waals surface area contributed by atoms with Gasteiger partial charge in [0.15, 0.2) is 5.96 Å². The smallest absolute Gasteiger partial charge is 0.188 e. The van der Waals surface area contributed by atoms with Crippen molar-refractivity contribution in [2.24, 2.45) is 5.73 Å². The second-order valence-corrected chi connectivity index (χ2v) is 3.03. The minimum atomic E-state index is -0.388. The Kier molecular flexibility index (Phi) is 2.34. The van der Waals surface area contributed by atoms with Crippen molar-refractivity contribution in [2.45, 2.75) is 31.9 Å². The second-order valence-electron chi connectivity index (χ2n) is 3.03. The molecule has 0 aromatic heterocycles. The molecule has 4 N–H and O–H groups in total. The predicted octanol–water partition coefficient (Wildman–Crippen LogP) is -0.275. The molecule has 0 aromatic carbocycles. The maximum absolute atomic E-state index is 9.28. The molecule has 1 aliphatic heterocycles. The molecule has 4 nitrogen and oxygen atoms in total. The molecule has 1 saturated heterocycles. The van der Waals surface area contributed by atoms with Gasteiger partial charge in [0.25, 0.3) is 0 Å². The summed E-state index contributed by atoms with van der Waals surface area (Å²) in [5.41, 5.74) is 5.32. The van der Waals surface area contributed by atoms with Crippen LogP contribution in [0.15, 0.2) is 0 Å². The average molecular weight is 157 g/mol. The standard InChI is InChI=1S/C7H15N3O/c1-5(11)6-3-2-4-10(6)7(8)9/h5-6,11H,2-4H2,1H3,(H3,8,9)/t5-,6+/m1/s1. The summed E-state index contributed by atoms with van der Waals surface area (Å²) < 4.78 is 0. The van der Waals surface area contributed by atoms with Gasteiger partial charge in [0, 0.05) is 6.54 Å². The summed E-state index contributed by atoms with van der Waals surface area (Å²) >= 11 is 0. The van der Waals surface area contributed by atoms with Gasteiger partial charge in [-0.25, -0.2) is 0 Å². The molecule has 4 heteroatoms. The first-order valence-corrected chi connectivity index (χ1v) is 3.91. The third-order valence-corrected chi connectivity index (χ3v) is 2.17. The van der Waals surface area contributed by atoms with Gasteiger partial charge in [-0.05, 0) is 19.8 Å². The van der Waals surface area contributed by atoms with E-state index in [1.54, 1.807) is 11.8 Å². The molecule has 0 aromatic rings. The van der Waals surface area contributed by atoms with Gasteiger partial charge in [-0.3, -0.25) is 5.41 Å². The van der Waals surface area contributed by atoms with E-state index in [-0.39, 0.29) is 18.1 Å². The Hall–Kier alpha value is -0.770. The molecule has 0 unspecified atom stereocenters. The van der Waals surface area contributed by atoms with E-state index in [0.29, 0.717) is 0 Å². The number of likely N-dealkylation sites (tertiary alicyclic amines) is 1. The summed E-state index contributed by atoms with van der Waals surface area (Å²) in [4.78, 5) is 1.75. The topological polar surface area (TPSA) is 73.3 Å². The van der Waals surface area contributed by atoms with Crippen LogP contribution < -0.4 is 5.73 Å². The molecule has 1 fully saturated rings. The van der Waals surface area contributed by atoms with Crippen molar-refractivity contribution < 1.29 is 5.11 Å². The normalized spacial score (nSPS) is 27.1. The Bertz CT molecular complexity index is 158. The summed E-state index contributed by atoms with van der Waals surface area (Å²) in [6.07, 6.45) is 1.58. The van der Waals surface area contributed by atoms with E-state index in [0.717, 1.165) is 19.4 Å². The molecule has 0 aliphatic carbocycles. The zero-order valence-electron chi connectivity index (χ0n) is 6.75. The van der Waals surface area contributed by atoms with Gasteiger partial charge in [-0.1, -0.05) is 0 Å². The number of hydrogen-bond donors (Lipinski definition) is 3. The lowest BCUT2D eigenvalue weighted by atomic mass is 10.1. The van der Waals surface area contributed by atoms with Crippen LogP contribution in [0.1, 0.15) is 19.8 Å². The molecule has 64 valence electrons. The van der Waals surface area contributed by atoms with Crippen LogP contribution in [0, 0.1) is 5.41 Å². The first-order valence-electron chi connectivity index (χ1n) is 3.91. The van der Waals surface area contributed by atoms with Crippen molar-refractivity contribution in [3.8, 4) is 0 Å². The maximum atomic E-state index is 9.28. The minimum Gasteiger partial charge on any atom is -0.391 e. The van der Waals surface area contributed by atoms with Crippen LogP contribution >= 0.6 is 0 Å². The van der Waals surface area contributed by atoms with E-state index in [9.17, 15) is 5.11 Å². The van der Waals surface area contributed by atoms with Gasteiger partial charge < -0.3 is 15.7 Å². The van der Waals surface area contributed by atoms with Gasteiger partial charge in [-0.2, -0.15) is 0 Å². The van der Waals surface area contributed by atoms with Gasteiger partial charge in [0.2, 0.25) is 0 Å². The van der Waals surface area contributed by atoms with Crippen molar-refractivity contribution in [1.29, 1.82) is 5.41 Å². The molecule has 11 heavy (non-hydrogen) atoms. The van der Waals surface area contributed by atoms with E-state index in [2.05, 4.69) is 0 Å². The highest BCUT2D eigenvalue weighted by Crippen LogP contribution is 2.18. The Balaban J connectivity index is 2.58. The van der Waals surface area contributed by atoms with Crippen LogP contribution in [0.5, 0.6) is 0 Å². The van der Waals surface area contributed by atoms with Crippen LogP contribution in [-0.4, -0.2) is 34.7 Å². The van der Waals surface area contributed by atoms with Crippen LogP contribution in [0.25, 0.3) is 0 Å². The van der Waals surface area contributed by atoms with Gasteiger partial charge in [-0.15, -0.1) is 0 Å². The number of aliphatic hydroxyl groups is 1. The van der Waals surface area contributed by atoms with Crippen molar-refractivity contribution in [2.75, 3.05) is 6.54 Å². The molecular formula is C7H15N3O. The summed E-state index contributed by atoms with van der Waals surface area (Å²) in [5, 5.41) is 16.5.